The first-order chi connectivity index (χ1) is 5.18. The van der Waals surface area contributed by atoms with Crippen molar-refractivity contribution in [2.45, 2.75) is 0 Å². The molecule has 1 aromatic carbocycles. The van der Waals surface area contributed by atoms with Gasteiger partial charge in [0, 0.05) is 5.69 Å². The van der Waals surface area contributed by atoms with E-state index in [1.807, 2.05) is 0 Å². The molecule has 0 aliphatic heterocycles. The summed E-state index contributed by atoms with van der Waals surface area (Å²) >= 11 is 0. The Bertz CT molecular complexity index is 256. The van der Waals surface area contributed by atoms with E-state index in [2.05, 4.69) is 4.74 Å². The summed E-state index contributed by atoms with van der Waals surface area (Å²) < 4.78 is 4.55. The minimum absolute atomic E-state index is 0.395. The molecule has 0 aromatic heterocycles. The fourth-order valence-corrected chi connectivity index (χ4v) is 0.652. The van der Waals surface area contributed by atoms with Crippen LogP contribution in [0.4, 0.5) is 10.5 Å². The lowest BCUT2D eigenvalue weighted by Crippen LogP contribution is -2.16. The van der Waals surface area contributed by atoms with Gasteiger partial charge in [0.25, 0.3) is 0 Å². The molecule has 4 nitrogen and oxygen atoms in total. The summed E-state index contributed by atoms with van der Waals surface area (Å²) in [5.41, 5.74) is 10.8. The van der Waals surface area contributed by atoms with Gasteiger partial charge < -0.3 is 16.2 Å². The van der Waals surface area contributed by atoms with Crippen LogP contribution in [0.2, 0.25) is 0 Å². The van der Waals surface area contributed by atoms with Crippen LogP contribution < -0.4 is 16.2 Å². The highest BCUT2D eigenvalue weighted by Crippen LogP contribution is 2.12. The average Bonchev–Trinajstić information content (AvgIpc) is 1.93. The quantitative estimate of drug-likeness (QED) is 0.582. The molecule has 11 heavy (non-hydrogen) atoms. The van der Waals surface area contributed by atoms with Gasteiger partial charge in [0.15, 0.2) is 0 Å². The number of carbonyl (C=O) groups is 1. The average molecular weight is 152 g/mol. The third-order valence-electron chi connectivity index (χ3n) is 1.10. The van der Waals surface area contributed by atoms with E-state index in [9.17, 15) is 4.79 Å². The third-order valence-corrected chi connectivity index (χ3v) is 1.10. The van der Waals surface area contributed by atoms with Gasteiger partial charge in [-0.15, -0.1) is 0 Å². The van der Waals surface area contributed by atoms with Crippen LogP contribution in [-0.2, 0) is 0 Å². The first-order valence-corrected chi connectivity index (χ1v) is 3.01. The first kappa shape index (κ1) is 7.40. The fourth-order valence-electron chi connectivity index (χ4n) is 0.652. The highest BCUT2D eigenvalue weighted by atomic mass is 16.5. The molecule has 0 saturated heterocycles. The molecule has 0 aliphatic rings. The third kappa shape index (κ3) is 2.17. The van der Waals surface area contributed by atoms with Crippen molar-refractivity contribution in [3.8, 4) is 5.75 Å². The number of anilines is 1. The highest BCUT2D eigenvalue weighted by molar-refractivity contribution is 5.68. The number of rotatable bonds is 1. The Morgan fingerprint density at radius 2 is 1.82 bits per heavy atom. The van der Waals surface area contributed by atoms with E-state index < -0.39 is 6.09 Å². The Hall–Kier alpha value is -1.71. The van der Waals surface area contributed by atoms with E-state index in [1.165, 1.54) is 0 Å². The molecule has 0 unspecified atom stereocenters. The predicted molar refractivity (Wildman–Crippen MR) is 41.1 cm³/mol. The molecule has 0 radical (unpaired) electrons. The minimum atomic E-state index is -0.824. The zero-order valence-corrected chi connectivity index (χ0v) is 5.78. The number of hydrogen-bond donors (Lipinski definition) is 2. The van der Waals surface area contributed by atoms with E-state index in [-0.39, 0.29) is 0 Å². The van der Waals surface area contributed by atoms with Gasteiger partial charge in [-0.2, -0.15) is 0 Å². The molecular formula is C7H8N2O2. The van der Waals surface area contributed by atoms with Gasteiger partial charge in [-0.25, -0.2) is 4.79 Å². The molecule has 0 bridgehead atoms. The van der Waals surface area contributed by atoms with Gasteiger partial charge in [-0.05, 0) is 24.3 Å². The maximum absolute atomic E-state index is 10.2. The molecule has 1 amide bonds. The van der Waals surface area contributed by atoms with Crippen molar-refractivity contribution >= 4 is 11.8 Å². The lowest BCUT2D eigenvalue weighted by Gasteiger charge is -1.99. The molecule has 4 N–H and O–H groups in total. The summed E-state index contributed by atoms with van der Waals surface area (Å²) in [6.07, 6.45) is -0.824. The topological polar surface area (TPSA) is 78.3 Å². The van der Waals surface area contributed by atoms with Crippen LogP contribution in [0.25, 0.3) is 0 Å². The van der Waals surface area contributed by atoms with Gasteiger partial charge in [-0.1, -0.05) is 0 Å². The maximum atomic E-state index is 10.2. The monoisotopic (exact) mass is 152 g/mol. The number of amides is 1. The molecule has 0 aliphatic carbocycles. The normalized spacial score (nSPS) is 9.09. The van der Waals surface area contributed by atoms with Crippen LogP contribution >= 0.6 is 0 Å². The van der Waals surface area contributed by atoms with Crippen molar-refractivity contribution in [2.75, 3.05) is 5.73 Å². The van der Waals surface area contributed by atoms with Crippen LogP contribution in [-0.4, -0.2) is 6.09 Å². The molecule has 58 valence electrons. The van der Waals surface area contributed by atoms with Gasteiger partial charge in [-0.3, -0.25) is 0 Å². The van der Waals surface area contributed by atoms with Gasteiger partial charge in [0.2, 0.25) is 0 Å². The smallest absolute Gasteiger partial charge is 0.409 e. The Kier molecular flexibility index (Phi) is 1.96. The summed E-state index contributed by atoms with van der Waals surface area (Å²) in [6.45, 7) is 0. The SMILES string of the molecule is NC(=O)Oc1ccc(N)cc1. The molecule has 1 aromatic rings. The van der Waals surface area contributed by atoms with Gasteiger partial charge in [0.1, 0.15) is 5.75 Å². The lowest BCUT2D eigenvalue weighted by molar-refractivity contribution is 0.211. The van der Waals surface area contributed by atoms with E-state index in [0.717, 1.165) is 0 Å². The largest absolute Gasteiger partial charge is 0.411 e. The summed E-state index contributed by atoms with van der Waals surface area (Å²) in [6, 6.07) is 6.39. The highest BCUT2D eigenvalue weighted by Gasteiger charge is 1.95. The second-order valence-electron chi connectivity index (χ2n) is 1.99. The molecular weight excluding hydrogens is 144 g/mol. The molecule has 0 atom stereocenters. The number of benzene rings is 1. The van der Waals surface area contributed by atoms with Crippen molar-refractivity contribution in [1.29, 1.82) is 0 Å². The second kappa shape index (κ2) is 2.92. The van der Waals surface area contributed by atoms with E-state index >= 15 is 0 Å². The zero-order valence-electron chi connectivity index (χ0n) is 5.78. The van der Waals surface area contributed by atoms with Crippen molar-refractivity contribution in [3.05, 3.63) is 24.3 Å². The molecule has 4 heteroatoms. The molecule has 0 saturated carbocycles. The minimum Gasteiger partial charge on any atom is -0.411 e. The van der Waals surface area contributed by atoms with Crippen molar-refractivity contribution in [2.24, 2.45) is 5.73 Å². The Balaban J connectivity index is 2.74. The maximum Gasteiger partial charge on any atom is 0.409 e. The van der Waals surface area contributed by atoms with Crippen molar-refractivity contribution in [1.82, 2.24) is 0 Å². The van der Waals surface area contributed by atoms with E-state index in [0.29, 0.717) is 11.4 Å². The Morgan fingerprint density at radius 3 is 2.27 bits per heavy atom. The van der Waals surface area contributed by atoms with Crippen molar-refractivity contribution in [3.63, 3.8) is 0 Å². The van der Waals surface area contributed by atoms with Crippen LogP contribution in [0.3, 0.4) is 0 Å². The summed E-state index contributed by atoms with van der Waals surface area (Å²) in [7, 11) is 0. The summed E-state index contributed by atoms with van der Waals surface area (Å²) in [5, 5.41) is 0. The van der Waals surface area contributed by atoms with Crippen molar-refractivity contribution < 1.29 is 9.53 Å². The summed E-state index contributed by atoms with van der Waals surface area (Å²) in [4.78, 5) is 10.2. The van der Waals surface area contributed by atoms with Gasteiger partial charge >= 0.3 is 6.09 Å². The van der Waals surface area contributed by atoms with E-state index in [1.54, 1.807) is 24.3 Å². The van der Waals surface area contributed by atoms with Crippen LogP contribution in [0.1, 0.15) is 0 Å². The standard InChI is InChI=1S/C7H8N2O2/c8-5-1-3-6(4-2-5)11-7(9)10/h1-4H,8H2,(H2,9,10). The number of ether oxygens (including phenoxy) is 1. The van der Waals surface area contributed by atoms with Crippen LogP contribution in [0, 0.1) is 0 Å². The zero-order chi connectivity index (χ0) is 8.27. The van der Waals surface area contributed by atoms with Gasteiger partial charge in [0.05, 0.1) is 0 Å². The Labute approximate surface area is 63.8 Å². The number of nitrogens with two attached hydrogens (primary N) is 2. The number of primary amides is 1. The molecule has 0 fully saturated rings. The number of carbonyl (C=O) groups excluding carboxylic acids is 1. The summed E-state index contributed by atoms with van der Waals surface area (Å²) in [5.74, 6) is 0.395. The van der Waals surface area contributed by atoms with Crippen LogP contribution in [0.5, 0.6) is 5.75 Å². The molecule has 1 rings (SSSR count). The van der Waals surface area contributed by atoms with Crippen LogP contribution in [0.15, 0.2) is 24.3 Å². The van der Waals surface area contributed by atoms with E-state index in [4.69, 9.17) is 11.5 Å². The Morgan fingerprint density at radius 1 is 1.27 bits per heavy atom. The lowest BCUT2D eigenvalue weighted by atomic mass is 10.3. The number of hydrogen-bond acceptors (Lipinski definition) is 3. The number of nitrogen functional groups attached to an aromatic ring is 1. The molecule has 0 spiro atoms. The predicted octanol–water partition coefficient (Wildman–Crippen LogP) is 0.726. The first-order valence-electron chi connectivity index (χ1n) is 3.01. The second-order valence-corrected chi connectivity index (χ2v) is 1.99. The molecule has 0 heterocycles. The fraction of sp³-hybridized carbons (Fsp3) is 0.